The number of fused-ring (bicyclic) bond motifs is 3. The normalized spacial score (nSPS) is 11.0. The summed E-state index contributed by atoms with van der Waals surface area (Å²) in [4.78, 5) is 4.63. The number of pyridine rings is 1. The maximum atomic E-state index is 5.52. The predicted octanol–water partition coefficient (Wildman–Crippen LogP) is 7.67. The molecule has 2 heterocycles. The lowest BCUT2D eigenvalue weighted by Crippen LogP contribution is -2.00. The summed E-state index contributed by atoms with van der Waals surface area (Å²) >= 11 is 0. The molecule has 0 aliphatic rings. The van der Waals surface area contributed by atoms with E-state index in [2.05, 4.69) is 74.8 Å². The molecule has 0 aliphatic heterocycles. The Labute approximate surface area is 203 Å². The number of nitrogens with one attached hydrogen (secondary N) is 2. The number of ether oxygens (including phenoxy) is 1. The first-order valence-electron chi connectivity index (χ1n) is 11.5. The summed E-state index contributed by atoms with van der Waals surface area (Å²) in [6.07, 6.45) is 1.83. The van der Waals surface area contributed by atoms with Gasteiger partial charge in [-0.1, -0.05) is 54.6 Å². The van der Waals surface area contributed by atoms with Crippen molar-refractivity contribution in [3.8, 4) is 11.6 Å². The van der Waals surface area contributed by atoms with Gasteiger partial charge in [0, 0.05) is 22.7 Å². The van der Waals surface area contributed by atoms with Crippen LogP contribution < -0.4 is 15.4 Å². The number of aromatic nitrogens is 2. The lowest BCUT2D eigenvalue weighted by Gasteiger charge is -2.16. The minimum absolute atomic E-state index is 0.795. The maximum Gasteiger partial charge on any atom is 0.142 e. The highest BCUT2D eigenvalue weighted by molar-refractivity contribution is 6.10. The van der Waals surface area contributed by atoms with Crippen LogP contribution in [0.5, 0.6) is 5.75 Å². The highest BCUT2D eigenvalue weighted by Crippen LogP contribution is 2.36. The molecule has 35 heavy (non-hydrogen) atoms. The molecule has 0 unspecified atom stereocenters. The molecule has 4 aromatic carbocycles. The van der Waals surface area contributed by atoms with Crippen molar-refractivity contribution in [1.82, 2.24) is 9.55 Å². The van der Waals surface area contributed by atoms with E-state index in [4.69, 9.17) is 4.74 Å². The van der Waals surface area contributed by atoms with Crippen LogP contribution in [0.1, 0.15) is 0 Å². The van der Waals surface area contributed by atoms with E-state index in [1.807, 2.05) is 60.8 Å². The molecule has 0 saturated carbocycles. The zero-order valence-corrected chi connectivity index (χ0v) is 19.3. The molecule has 2 aromatic heterocycles. The second-order valence-corrected chi connectivity index (χ2v) is 8.27. The quantitative estimate of drug-likeness (QED) is 0.270. The Hall–Kier alpha value is -4.77. The van der Waals surface area contributed by atoms with Crippen LogP contribution in [-0.2, 0) is 0 Å². The topological polar surface area (TPSA) is 51.1 Å². The molecule has 0 atom stereocenters. The summed E-state index contributed by atoms with van der Waals surface area (Å²) in [6.45, 7) is 0. The van der Waals surface area contributed by atoms with Crippen LogP contribution in [0.25, 0.3) is 27.6 Å². The van der Waals surface area contributed by atoms with E-state index in [9.17, 15) is 0 Å². The van der Waals surface area contributed by atoms with E-state index < -0.39 is 0 Å². The summed E-state index contributed by atoms with van der Waals surface area (Å²) in [5, 5.41) is 9.51. The van der Waals surface area contributed by atoms with Crippen LogP contribution in [0.2, 0.25) is 0 Å². The largest absolute Gasteiger partial charge is 0.495 e. The second-order valence-electron chi connectivity index (χ2n) is 8.27. The zero-order chi connectivity index (χ0) is 23.6. The first-order chi connectivity index (χ1) is 17.3. The van der Waals surface area contributed by atoms with E-state index in [0.29, 0.717) is 0 Å². The van der Waals surface area contributed by atoms with Crippen LogP contribution in [0, 0.1) is 0 Å². The van der Waals surface area contributed by atoms with Crippen molar-refractivity contribution >= 4 is 44.6 Å². The van der Waals surface area contributed by atoms with Gasteiger partial charge >= 0.3 is 0 Å². The first kappa shape index (κ1) is 20.8. The standard InChI is InChI=1S/C30H24N4O/c1-35-29-15-7-5-13-26(29)33-25-12-4-3-11-24(25)32-21-17-18-23-22-10-2-6-14-27(22)34(28(23)20-21)30-16-8-9-19-31-30/h2-20,32-33H,1H3. The summed E-state index contributed by atoms with van der Waals surface area (Å²) in [5.74, 6) is 1.69. The van der Waals surface area contributed by atoms with Gasteiger partial charge in [0.2, 0.25) is 0 Å². The number of benzene rings is 4. The van der Waals surface area contributed by atoms with Gasteiger partial charge < -0.3 is 15.4 Å². The lowest BCUT2D eigenvalue weighted by atomic mass is 10.1. The van der Waals surface area contributed by atoms with Gasteiger partial charge in [0.05, 0.1) is 35.2 Å². The van der Waals surface area contributed by atoms with E-state index >= 15 is 0 Å². The molecule has 0 saturated heterocycles. The molecule has 0 bridgehead atoms. The highest BCUT2D eigenvalue weighted by Gasteiger charge is 2.14. The predicted molar refractivity (Wildman–Crippen MR) is 145 cm³/mol. The number of anilines is 4. The Kier molecular flexibility index (Phi) is 5.28. The summed E-state index contributed by atoms with van der Waals surface area (Å²) < 4.78 is 7.73. The maximum absolute atomic E-state index is 5.52. The summed E-state index contributed by atoms with van der Waals surface area (Å²) in [7, 11) is 1.68. The lowest BCUT2D eigenvalue weighted by molar-refractivity contribution is 0.417. The van der Waals surface area contributed by atoms with Crippen LogP contribution in [-0.4, -0.2) is 16.7 Å². The van der Waals surface area contributed by atoms with Crippen molar-refractivity contribution in [3.05, 3.63) is 115 Å². The van der Waals surface area contributed by atoms with Crippen LogP contribution >= 0.6 is 0 Å². The van der Waals surface area contributed by atoms with Gasteiger partial charge in [-0.25, -0.2) is 4.98 Å². The Bertz CT molecular complexity index is 1640. The third-order valence-electron chi connectivity index (χ3n) is 6.13. The SMILES string of the molecule is COc1ccccc1Nc1ccccc1Nc1ccc2c3ccccc3n(-c3ccccn3)c2c1. The van der Waals surface area contributed by atoms with Crippen molar-refractivity contribution in [3.63, 3.8) is 0 Å². The van der Waals surface area contributed by atoms with E-state index in [0.717, 1.165) is 45.4 Å². The van der Waals surface area contributed by atoms with Gasteiger partial charge in [-0.3, -0.25) is 4.57 Å². The average molecular weight is 457 g/mol. The molecule has 0 aliphatic carbocycles. The minimum atomic E-state index is 0.795. The molecule has 6 rings (SSSR count). The molecular weight excluding hydrogens is 432 g/mol. The van der Waals surface area contributed by atoms with Crippen molar-refractivity contribution in [2.75, 3.05) is 17.7 Å². The number of methoxy groups -OCH3 is 1. The van der Waals surface area contributed by atoms with Crippen molar-refractivity contribution in [2.24, 2.45) is 0 Å². The molecule has 0 radical (unpaired) electrons. The fourth-order valence-corrected chi connectivity index (χ4v) is 4.53. The number of para-hydroxylation sites is 5. The number of hydrogen-bond acceptors (Lipinski definition) is 4. The summed E-state index contributed by atoms with van der Waals surface area (Å²) in [5.41, 5.74) is 6.07. The third-order valence-corrected chi connectivity index (χ3v) is 6.13. The Balaban J connectivity index is 1.43. The summed E-state index contributed by atoms with van der Waals surface area (Å²) in [6, 6.07) is 37.0. The molecule has 0 fully saturated rings. The monoisotopic (exact) mass is 456 g/mol. The van der Waals surface area contributed by atoms with Crippen molar-refractivity contribution in [1.29, 1.82) is 0 Å². The molecule has 6 aromatic rings. The zero-order valence-electron chi connectivity index (χ0n) is 19.3. The Morgan fingerprint density at radius 1 is 0.629 bits per heavy atom. The number of rotatable bonds is 6. The van der Waals surface area contributed by atoms with Gasteiger partial charge in [0.25, 0.3) is 0 Å². The Morgan fingerprint density at radius 3 is 2.11 bits per heavy atom. The molecule has 5 heteroatoms. The van der Waals surface area contributed by atoms with Crippen LogP contribution in [0.4, 0.5) is 22.7 Å². The van der Waals surface area contributed by atoms with Crippen LogP contribution in [0.15, 0.2) is 115 Å². The Morgan fingerprint density at radius 2 is 1.31 bits per heavy atom. The molecule has 0 amide bonds. The van der Waals surface area contributed by atoms with Crippen molar-refractivity contribution in [2.45, 2.75) is 0 Å². The van der Waals surface area contributed by atoms with Gasteiger partial charge in [-0.2, -0.15) is 0 Å². The highest BCUT2D eigenvalue weighted by atomic mass is 16.5. The molecule has 170 valence electrons. The fraction of sp³-hybridized carbons (Fsp3) is 0.0333. The van der Waals surface area contributed by atoms with Gasteiger partial charge in [0.1, 0.15) is 11.6 Å². The molecule has 2 N–H and O–H groups in total. The van der Waals surface area contributed by atoms with E-state index in [1.54, 1.807) is 7.11 Å². The molecule has 5 nitrogen and oxygen atoms in total. The van der Waals surface area contributed by atoms with Crippen LogP contribution in [0.3, 0.4) is 0 Å². The smallest absolute Gasteiger partial charge is 0.142 e. The van der Waals surface area contributed by atoms with Gasteiger partial charge in [-0.05, 0) is 54.6 Å². The average Bonchev–Trinajstić information content (AvgIpc) is 3.24. The van der Waals surface area contributed by atoms with Gasteiger partial charge in [-0.15, -0.1) is 0 Å². The van der Waals surface area contributed by atoms with E-state index in [1.165, 1.54) is 10.8 Å². The molecule has 0 spiro atoms. The minimum Gasteiger partial charge on any atom is -0.495 e. The fourth-order valence-electron chi connectivity index (χ4n) is 4.53. The van der Waals surface area contributed by atoms with Gasteiger partial charge in [0.15, 0.2) is 0 Å². The van der Waals surface area contributed by atoms with Crippen molar-refractivity contribution < 1.29 is 4.74 Å². The third kappa shape index (κ3) is 3.83. The first-order valence-corrected chi connectivity index (χ1v) is 11.5. The van der Waals surface area contributed by atoms with E-state index in [-0.39, 0.29) is 0 Å². The second kappa shape index (κ2) is 8.88. The number of nitrogens with zero attached hydrogens (tertiary/aromatic N) is 2. The number of hydrogen-bond donors (Lipinski definition) is 2. The molecular formula is C30H24N4O.